The van der Waals surface area contributed by atoms with Gasteiger partial charge in [-0.05, 0) is 29.9 Å². The molecule has 0 aromatic heterocycles. The van der Waals surface area contributed by atoms with E-state index in [1.54, 1.807) is 0 Å². The fraction of sp³-hybridized carbons (Fsp3) is 0.538. The third-order valence-corrected chi connectivity index (χ3v) is 3.82. The van der Waals surface area contributed by atoms with Crippen molar-refractivity contribution in [2.75, 3.05) is 0 Å². The summed E-state index contributed by atoms with van der Waals surface area (Å²) in [6.45, 7) is 4.49. The van der Waals surface area contributed by atoms with E-state index in [0.717, 1.165) is 19.3 Å². The minimum atomic E-state index is -0.0641. The Balaban J connectivity index is 2.42. The smallest absolute Gasteiger partial charge is 0.0441 e. The maximum atomic E-state index is 6.52. The number of fused-ring (bicyclic) bond motifs is 1. The molecule has 2 N–H and O–H groups in total. The van der Waals surface area contributed by atoms with Crippen LogP contribution in [0.3, 0.4) is 0 Å². The van der Waals surface area contributed by atoms with E-state index in [4.69, 9.17) is 5.73 Å². The van der Waals surface area contributed by atoms with Crippen LogP contribution < -0.4 is 5.73 Å². The number of hydrogen-bond acceptors (Lipinski definition) is 1. The van der Waals surface area contributed by atoms with Crippen LogP contribution in [0.4, 0.5) is 0 Å². The molecule has 2 unspecified atom stereocenters. The van der Waals surface area contributed by atoms with Gasteiger partial charge in [0.05, 0.1) is 0 Å². The highest BCUT2D eigenvalue weighted by Gasteiger charge is 2.38. The van der Waals surface area contributed by atoms with Gasteiger partial charge in [-0.25, -0.2) is 0 Å². The average Bonchev–Trinajstić information content (AvgIpc) is 2.58. The van der Waals surface area contributed by atoms with Gasteiger partial charge < -0.3 is 5.73 Å². The second-order valence-corrected chi connectivity index (χ2v) is 4.51. The van der Waals surface area contributed by atoms with Crippen molar-refractivity contribution in [2.24, 2.45) is 11.7 Å². The standard InChI is InChI=1S/C13H19N/c1-3-10(2)13(14)9-8-11-6-4-5-7-12(11)13/h4-7,10H,3,8-9,14H2,1-2H3. The number of hydrogen-bond donors (Lipinski definition) is 1. The van der Waals surface area contributed by atoms with E-state index in [-0.39, 0.29) is 5.54 Å². The van der Waals surface area contributed by atoms with Gasteiger partial charge in [0.25, 0.3) is 0 Å². The second kappa shape index (κ2) is 3.39. The van der Waals surface area contributed by atoms with E-state index < -0.39 is 0 Å². The van der Waals surface area contributed by atoms with Crippen LogP contribution in [0, 0.1) is 5.92 Å². The van der Waals surface area contributed by atoms with E-state index in [0.29, 0.717) is 5.92 Å². The van der Waals surface area contributed by atoms with Crippen LogP contribution in [0.5, 0.6) is 0 Å². The Morgan fingerprint density at radius 2 is 2.14 bits per heavy atom. The monoisotopic (exact) mass is 189 g/mol. The Labute approximate surface area is 86.3 Å². The molecule has 0 spiro atoms. The van der Waals surface area contributed by atoms with Crippen LogP contribution in [-0.2, 0) is 12.0 Å². The lowest BCUT2D eigenvalue weighted by molar-refractivity contribution is 0.286. The first-order valence-corrected chi connectivity index (χ1v) is 5.55. The van der Waals surface area contributed by atoms with E-state index in [1.165, 1.54) is 11.1 Å². The molecule has 1 heteroatoms. The van der Waals surface area contributed by atoms with Crippen molar-refractivity contribution in [3.63, 3.8) is 0 Å². The third-order valence-electron chi connectivity index (χ3n) is 3.82. The van der Waals surface area contributed by atoms with Crippen LogP contribution >= 0.6 is 0 Å². The zero-order valence-corrected chi connectivity index (χ0v) is 9.09. The van der Waals surface area contributed by atoms with Crippen LogP contribution in [0.1, 0.15) is 37.8 Å². The van der Waals surface area contributed by atoms with Gasteiger partial charge in [-0.2, -0.15) is 0 Å². The summed E-state index contributed by atoms with van der Waals surface area (Å²) >= 11 is 0. The van der Waals surface area contributed by atoms with Crippen molar-refractivity contribution in [2.45, 2.75) is 38.6 Å². The molecule has 2 rings (SSSR count). The van der Waals surface area contributed by atoms with Crippen molar-refractivity contribution in [1.82, 2.24) is 0 Å². The van der Waals surface area contributed by atoms with Crippen molar-refractivity contribution < 1.29 is 0 Å². The molecule has 0 aliphatic heterocycles. The predicted octanol–water partition coefficient (Wildman–Crippen LogP) is 2.83. The molecule has 0 saturated heterocycles. The summed E-state index contributed by atoms with van der Waals surface area (Å²) in [6.07, 6.45) is 3.42. The van der Waals surface area contributed by atoms with Gasteiger partial charge in [0.2, 0.25) is 0 Å². The van der Waals surface area contributed by atoms with Crippen LogP contribution in [0.2, 0.25) is 0 Å². The van der Waals surface area contributed by atoms with Crippen LogP contribution in [0.25, 0.3) is 0 Å². The molecule has 1 aliphatic rings. The minimum Gasteiger partial charge on any atom is -0.321 e. The first-order chi connectivity index (χ1) is 6.68. The molecule has 0 bridgehead atoms. The first kappa shape index (κ1) is 9.72. The molecule has 0 fully saturated rings. The lowest BCUT2D eigenvalue weighted by atomic mass is 9.80. The van der Waals surface area contributed by atoms with Gasteiger partial charge in [0.15, 0.2) is 0 Å². The van der Waals surface area contributed by atoms with Crippen LogP contribution in [-0.4, -0.2) is 0 Å². The summed E-state index contributed by atoms with van der Waals surface area (Å²) in [5.74, 6) is 0.575. The molecular formula is C13H19N. The third kappa shape index (κ3) is 1.27. The first-order valence-electron chi connectivity index (χ1n) is 5.55. The van der Waals surface area contributed by atoms with E-state index >= 15 is 0 Å². The van der Waals surface area contributed by atoms with Gasteiger partial charge in [0, 0.05) is 5.54 Å². The molecule has 14 heavy (non-hydrogen) atoms. The Hall–Kier alpha value is -0.820. The van der Waals surface area contributed by atoms with Crippen molar-refractivity contribution in [1.29, 1.82) is 0 Å². The normalized spacial score (nSPS) is 27.4. The molecule has 0 radical (unpaired) electrons. The highest BCUT2D eigenvalue weighted by Crippen LogP contribution is 2.40. The predicted molar refractivity (Wildman–Crippen MR) is 60.1 cm³/mol. The summed E-state index contributed by atoms with van der Waals surface area (Å²) in [5, 5.41) is 0. The van der Waals surface area contributed by atoms with Gasteiger partial charge >= 0.3 is 0 Å². The summed E-state index contributed by atoms with van der Waals surface area (Å²) < 4.78 is 0. The molecule has 1 aromatic carbocycles. The topological polar surface area (TPSA) is 26.0 Å². The van der Waals surface area contributed by atoms with Crippen LogP contribution in [0.15, 0.2) is 24.3 Å². The Morgan fingerprint density at radius 3 is 2.86 bits per heavy atom. The van der Waals surface area contributed by atoms with Gasteiger partial charge in [-0.15, -0.1) is 0 Å². The number of rotatable bonds is 2. The fourth-order valence-corrected chi connectivity index (χ4v) is 2.54. The lowest BCUT2D eigenvalue weighted by Crippen LogP contribution is -2.40. The average molecular weight is 189 g/mol. The fourth-order valence-electron chi connectivity index (χ4n) is 2.54. The second-order valence-electron chi connectivity index (χ2n) is 4.51. The van der Waals surface area contributed by atoms with E-state index in [9.17, 15) is 0 Å². The zero-order valence-electron chi connectivity index (χ0n) is 9.09. The van der Waals surface area contributed by atoms with Gasteiger partial charge in [-0.3, -0.25) is 0 Å². The van der Waals surface area contributed by atoms with Crippen molar-refractivity contribution in [3.8, 4) is 0 Å². The highest BCUT2D eigenvalue weighted by molar-refractivity contribution is 5.38. The number of aryl methyl sites for hydroxylation is 1. The zero-order chi connectivity index (χ0) is 10.2. The van der Waals surface area contributed by atoms with Crippen molar-refractivity contribution >= 4 is 0 Å². The molecule has 1 aliphatic carbocycles. The molecule has 0 amide bonds. The summed E-state index contributed by atoms with van der Waals surface area (Å²) in [7, 11) is 0. The Kier molecular flexibility index (Phi) is 2.36. The molecule has 0 heterocycles. The largest absolute Gasteiger partial charge is 0.321 e. The maximum absolute atomic E-state index is 6.52. The summed E-state index contributed by atoms with van der Waals surface area (Å²) in [5.41, 5.74) is 9.30. The SMILES string of the molecule is CCC(C)C1(N)CCc2ccccc21. The Morgan fingerprint density at radius 1 is 1.43 bits per heavy atom. The number of nitrogens with two attached hydrogens (primary N) is 1. The van der Waals surface area contributed by atoms with E-state index in [1.807, 2.05) is 0 Å². The molecule has 2 atom stereocenters. The van der Waals surface area contributed by atoms with Gasteiger partial charge in [-0.1, -0.05) is 44.5 Å². The quantitative estimate of drug-likeness (QED) is 0.760. The highest BCUT2D eigenvalue weighted by atomic mass is 14.8. The Bertz CT molecular complexity index is 332. The number of benzene rings is 1. The molecule has 1 nitrogen and oxygen atoms in total. The molecule has 76 valence electrons. The molecule has 1 aromatic rings. The summed E-state index contributed by atoms with van der Waals surface area (Å²) in [6, 6.07) is 8.64. The molecular weight excluding hydrogens is 170 g/mol. The lowest BCUT2D eigenvalue weighted by Gasteiger charge is -2.32. The summed E-state index contributed by atoms with van der Waals surface area (Å²) in [4.78, 5) is 0. The van der Waals surface area contributed by atoms with E-state index in [2.05, 4.69) is 38.1 Å². The van der Waals surface area contributed by atoms with Crippen molar-refractivity contribution in [3.05, 3.63) is 35.4 Å². The van der Waals surface area contributed by atoms with Gasteiger partial charge in [0.1, 0.15) is 0 Å². The maximum Gasteiger partial charge on any atom is 0.0441 e. The minimum absolute atomic E-state index is 0.0641. The molecule has 0 saturated carbocycles.